The average Bonchev–Trinajstić information content (AvgIpc) is 2.39. The van der Waals surface area contributed by atoms with E-state index in [1.807, 2.05) is 0 Å². The van der Waals surface area contributed by atoms with Crippen molar-refractivity contribution < 1.29 is 19.2 Å². The van der Waals surface area contributed by atoms with Gasteiger partial charge in [-0.1, -0.05) is 64.7 Å². The molecule has 0 spiro atoms. The quantitative estimate of drug-likeness (QED) is 0.413. The number of hydrogen-bond acceptors (Lipinski definition) is 2. The van der Waals surface area contributed by atoms with Crippen LogP contribution in [0.2, 0.25) is 0 Å². The predicted molar refractivity (Wildman–Crippen MR) is 86.1 cm³/mol. The Morgan fingerprint density at radius 2 is 1.24 bits per heavy atom. The highest BCUT2D eigenvalue weighted by Gasteiger charge is 2.28. The highest BCUT2D eigenvalue weighted by molar-refractivity contribution is 5.74. The predicted octanol–water partition coefficient (Wildman–Crippen LogP) is 3.99. The van der Waals surface area contributed by atoms with E-state index in [2.05, 4.69) is 6.92 Å². The van der Waals surface area contributed by atoms with Crippen LogP contribution in [0.3, 0.4) is 0 Å². The second-order valence-electron chi connectivity index (χ2n) is 6.56. The summed E-state index contributed by atoms with van der Waals surface area (Å²) in [5, 5.41) is 8.78. The Hall–Kier alpha value is -0.900. The van der Waals surface area contributed by atoms with Gasteiger partial charge in [0.05, 0.1) is 20.5 Å². The molecule has 0 saturated carbocycles. The van der Waals surface area contributed by atoms with E-state index in [1.54, 1.807) is 14.1 Å². The Kier molecular flexibility index (Phi) is 11.2. The molecule has 1 amide bonds. The number of carboxylic acids is 1. The summed E-state index contributed by atoms with van der Waals surface area (Å²) in [6, 6.07) is 0. The number of carbonyl (C=O) groups excluding carboxylic acids is 1. The molecule has 0 aromatic heterocycles. The monoisotopic (exact) mass is 300 g/mol. The molecule has 0 saturated heterocycles. The molecule has 21 heavy (non-hydrogen) atoms. The van der Waals surface area contributed by atoms with Crippen molar-refractivity contribution in [1.29, 1.82) is 0 Å². The van der Waals surface area contributed by atoms with Gasteiger partial charge in [0.1, 0.15) is 0 Å². The summed E-state index contributed by atoms with van der Waals surface area (Å²) < 4.78 is -0.0488. The number of likely N-dealkylation sites (N-methyl/N-ethyl adjacent to an activating group) is 1. The average molecular weight is 300 g/mol. The SMILES string of the molecule is CCCCCCCCCCCCC(=O)[N+](C)(C)CC(=O)O. The molecule has 0 aliphatic carbocycles. The summed E-state index contributed by atoms with van der Waals surface area (Å²) >= 11 is 0. The van der Waals surface area contributed by atoms with Gasteiger partial charge < -0.3 is 5.11 Å². The normalized spacial score (nSPS) is 11.6. The Morgan fingerprint density at radius 3 is 1.67 bits per heavy atom. The molecular weight excluding hydrogens is 266 g/mol. The van der Waals surface area contributed by atoms with Crippen LogP contribution in [0, 0.1) is 0 Å². The topological polar surface area (TPSA) is 54.4 Å². The molecule has 0 aliphatic rings. The van der Waals surface area contributed by atoms with Gasteiger partial charge in [-0.05, 0) is 6.42 Å². The highest BCUT2D eigenvalue weighted by Crippen LogP contribution is 2.12. The van der Waals surface area contributed by atoms with Crippen LogP contribution in [-0.4, -0.2) is 42.1 Å². The standard InChI is InChI=1S/C17H33NO3/c1-4-5-6-7-8-9-10-11-12-13-14-16(19)18(2,3)15-17(20)21/h4-15H2,1-3H3/p+1. The zero-order valence-electron chi connectivity index (χ0n) is 14.2. The Labute approximate surface area is 130 Å². The lowest BCUT2D eigenvalue weighted by molar-refractivity contribution is -0.806. The van der Waals surface area contributed by atoms with Crippen LogP contribution in [0.15, 0.2) is 0 Å². The molecule has 1 N–H and O–H groups in total. The number of unbranched alkanes of at least 4 members (excludes halogenated alkanes) is 9. The minimum Gasteiger partial charge on any atom is -0.477 e. The van der Waals surface area contributed by atoms with Crippen LogP contribution in [0.25, 0.3) is 0 Å². The van der Waals surface area contributed by atoms with Crippen molar-refractivity contribution in [3.63, 3.8) is 0 Å². The third kappa shape index (κ3) is 11.4. The van der Waals surface area contributed by atoms with E-state index < -0.39 is 5.97 Å². The number of rotatable bonds is 13. The van der Waals surface area contributed by atoms with Gasteiger partial charge in [-0.2, -0.15) is 0 Å². The van der Waals surface area contributed by atoms with Crippen molar-refractivity contribution >= 4 is 11.9 Å². The summed E-state index contributed by atoms with van der Waals surface area (Å²) in [4.78, 5) is 22.6. The lowest BCUT2D eigenvalue weighted by Gasteiger charge is -2.24. The maximum absolute atomic E-state index is 11.9. The van der Waals surface area contributed by atoms with Gasteiger partial charge in [0.25, 0.3) is 0 Å². The summed E-state index contributed by atoms with van der Waals surface area (Å²) in [6.45, 7) is 2.11. The smallest absolute Gasteiger partial charge is 0.359 e. The molecule has 0 aromatic rings. The van der Waals surface area contributed by atoms with E-state index in [1.165, 1.54) is 51.4 Å². The molecule has 0 bridgehead atoms. The van der Waals surface area contributed by atoms with Crippen LogP contribution >= 0.6 is 0 Å². The van der Waals surface area contributed by atoms with Crippen LogP contribution < -0.4 is 0 Å². The van der Waals surface area contributed by atoms with Crippen molar-refractivity contribution in [2.45, 2.75) is 77.6 Å². The molecule has 124 valence electrons. The van der Waals surface area contributed by atoms with Gasteiger partial charge in [0.15, 0.2) is 6.54 Å². The Morgan fingerprint density at radius 1 is 0.810 bits per heavy atom. The maximum Gasteiger partial charge on any atom is 0.359 e. The van der Waals surface area contributed by atoms with Gasteiger partial charge >= 0.3 is 11.9 Å². The largest absolute Gasteiger partial charge is 0.477 e. The van der Waals surface area contributed by atoms with Crippen LogP contribution in [-0.2, 0) is 9.59 Å². The first-order valence-electron chi connectivity index (χ1n) is 8.48. The highest BCUT2D eigenvalue weighted by atomic mass is 16.4. The lowest BCUT2D eigenvalue weighted by atomic mass is 10.1. The van der Waals surface area contributed by atoms with Crippen molar-refractivity contribution in [2.24, 2.45) is 0 Å². The Bertz CT molecular complexity index is 300. The number of carboxylic acid groups (broad SMARTS) is 1. The van der Waals surface area contributed by atoms with E-state index in [4.69, 9.17) is 5.11 Å². The van der Waals surface area contributed by atoms with Gasteiger partial charge in [-0.25, -0.2) is 9.59 Å². The molecule has 4 heteroatoms. The first-order chi connectivity index (χ1) is 9.90. The summed E-state index contributed by atoms with van der Waals surface area (Å²) in [7, 11) is 3.35. The molecule has 0 heterocycles. The lowest BCUT2D eigenvalue weighted by Crippen LogP contribution is -2.48. The molecule has 0 aliphatic heterocycles. The number of carbonyl (C=O) groups is 2. The first-order valence-corrected chi connectivity index (χ1v) is 8.48. The molecular formula is C17H34NO3+. The van der Waals surface area contributed by atoms with E-state index in [0.29, 0.717) is 6.42 Å². The van der Waals surface area contributed by atoms with Crippen LogP contribution in [0.4, 0.5) is 0 Å². The number of quaternary nitrogens is 1. The summed E-state index contributed by atoms with van der Waals surface area (Å²) in [6.07, 6.45) is 12.9. The van der Waals surface area contributed by atoms with Crippen molar-refractivity contribution in [1.82, 2.24) is 0 Å². The molecule has 0 radical (unpaired) electrons. The van der Waals surface area contributed by atoms with Crippen molar-refractivity contribution in [2.75, 3.05) is 20.6 Å². The van der Waals surface area contributed by atoms with E-state index in [-0.39, 0.29) is 16.9 Å². The van der Waals surface area contributed by atoms with Gasteiger partial charge in [0, 0.05) is 0 Å². The first kappa shape index (κ1) is 20.1. The van der Waals surface area contributed by atoms with Crippen molar-refractivity contribution in [3.8, 4) is 0 Å². The summed E-state index contributed by atoms with van der Waals surface area (Å²) in [5.74, 6) is -0.895. The third-order valence-electron chi connectivity index (χ3n) is 3.95. The molecule has 4 nitrogen and oxygen atoms in total. The zero-order valence-corrected chi connectivity index (χ0v) is 14.2. The fraction of sp³-hybridized carbons (Fsp3) is 0.882. The van der Waals surface area contributed by atoms with Gasteiger partial charge in [-0.3, -0.25) is 4.48 Å². The van der Waals surface area contributed by atoms with Crippen LogP contribution in [0.1, 0.15) is 77.6 Å². The van der Waals surface area contributed by atoms with Crippen LogP contribution in [0.5, 0.6) is 0 Å². The number of amides is 1. The molecule has 0 fully saturated rings. The molecule has 0 rings (SSSR count). The number of nitrogens with zero attached hydrogens (tertiary/aromatic N) is 1. The second kappa shape index (κ2) is 11.7. The van der Waals surface area contributed by atoms with E-state index in [0.717, 1.165) is 12.8 Å². The third-order valence-corrected chi connectivity index (χ3v) is 3.95. The zero-order chi connectivity index (χ0) is 16.1. The fourth-order valence-corrected chi connectivity index (χ4v) is 2.49. The van der Waals surface area contributed by atoms with E-state index in [9.17, 15) is 9.59 Å². The van der Waals surface area contributed by atoms with Gasteiger partial charge in [0.2, 0.25) is 0 Å². The number of hydrogen-bond donors (Lipinski definition) is 1. The minimum atomic E-state index is -0.920. The van der Waals surface area contributed by atoms with E-state index >= 15 is 0 Å². The number of aliphatic carboxylic acids is 1. The molecule has 0 atom stereocenters. The second-order valence-corrected chi connectivity index (χ2v) is 6.56. The van der Waals surface area contributed by atoms with Gasteiger partial charge in [-0.15, -0.1) is 0 Å². The Balaban J connectivity index is 3.50. The molecule has 0 aromatic carbocycles. The maximum atomic E-state index is 11.9. The van der Waals surface area contributed by atoms with Crippen molar-refractivity contribution in [3.05, 3.63) is 0 Å². The minimum absolute atomic E-state index is 0.0250. The molecule has 0 unspecified atom stereocenters. The summed E-state index contributed by atoms with van der Waals surface area (Å²) in [5.41, 5.74) is 0. The fourth-order valence-electron chi connectivity index (χ4n) is 2.49.